The number of anilines is 1. The van der Waals surface area contributed by atoms with Crippen molar-refractivity contribution in [1.29, 1.82) is 0 Å². The average Bonchev–Trinajstić information content (AvgIpc) is 2.72. The molecule has 2 N–H and O–H groups in total. The van der Waals surface area contributed by atoms with Gasteiger partial charge in [-0.15, -0.1) is 0 Å². The van der Waals surface area contributed by atoms with Gasteiger partial charge in [0.25, 0.3) is 0 Å². The lowest BCUT2D eigenvalue weighted by atomic mass is 10.2. The number of nitrogen functional groups attached to an aromatic ring is 1. The fraction of sp³-hybridized carbons (Fsp3) is 0.308. The Hall–Kier alpha value is -1.48. The van der Waals surface area contributed by atoms with Gasteiger partial charge in [-0.3, -0.25) is 0 Å². The van der Waals surface area contributed by atoms with Crippen molar-refractivity contribution in [1.82, 2.24) is 9.78 Å². The van der Waals surface area contributed by atoms with Crippen LogP contribution >= 0.6 is 11.6 Å². The highest BCUT2D eigenvalue weighted by atomic mass is 35.5. The third-order valence-electron chi connectivity index (χ3n) is 2.78. The van der Waals surface area contributed by atoms with Gasteiger partial charge in [-0.25, -0.2) is 4.68 Å². The molecule has 0 bridgehead atoms. The maximum atomic E-state index is 5.98. The van der Waals surface area contributed by atoms with Crippen molar-refractivity contribution in [3.05, 3.63) is 40.7 Å². The zero-order valence-electron chi connectivity index (χ0n) is 10.1. The Kier molecular flexibility index (Phi) is 3.38. The van der Waals surface area contributed by atoms with Crippen LogP contribution in [0.5, 0.6) is 0 Å². The largest absolute Gasteiger partial charge is 0.397 e. The maximum absolute atomic E-state index is 5.98. The summed E-state index contributed by atoms with van der Waals surface area (Å²) in [6, 6.07) is 7.61. The summed E-state index contributed by atoms with van der Waals surface area (Å²) in [6.07, 6.45) is 1.85. The smallest absolute Gasteiger partial charge is 0.0879 e. The summed E-state index contributed by atoms with van der Waals surface area (Å²) in [7, 11) is 0. The van der Waals surface area contributed by atoms with Crippen molar-refractivity contribution in [3.8, 4) is 5.69 Å². The first-order valence-electron chi connectivity index (χ1n) is 5.79. The summed E-state index contributed by atoms with van der Waals surface area (Å²) < 4.78 is 1.91. The molecule has 0 fully saturated rings. The number of hydrogen-bond donors (Lipinski definition) is 1. The fourth-order valence-electron chi connectivity index (χ4n) is 1.83. The van der Waals surface area contributed by atoms with Crippen molar-refractivity contribution < 1.29 is 0 Å². The van der Waals surface area contributed by atoms with Crippen LogP contribution in [0.1, 0.15) is 25.2 Å². The molecule has 17 heavy (non-hydrogen) atoms. The number of halogens is 1. The van der Waals surface area contributed by atoms with Crippen LogP contribution in [0.15, 0.2) is 24.3 Å². The molecule has 0 unspecified atom stereocenters. The predicted molar refractivity (Wildman–Crippen MR) is 71.7 cm³/mol. The number of nitrogens with two attached hydrogens (primary N) is 1. The standard InChI is InChI=1S/C13H16ClN3/c1-3-10-8-11(4-2)17(16-10)13-6-5-9(14)7-12(13)15/h5-8H,3-4,15H2,1-2H3. The molecule has 0 atom stereocenters. The first kappa shape index (κ1) is 12.0. The van der Waals surface area contributed by atoms with Gasteiger partial charge in [0.1, 0.15) is 0 Å². The molecule has 0 saturated heterocycles. The van der Waals surface area contributed by atoms with Gasteiger partial charge in [0.2, 0.25) is 0 Å². The Labute approximate surface area is 106 Å². The molecule has 4 heteroatoms. The highest BCUT2D eigenvalue weighted by Crippen LogP contribution is 2.23. The normalized spacial score (nSPS) is 10.8. The van der Waals surface area contributed by atoms with E-state index in [1.807, 2.05) is 16.8 Å². The van der Waals surface area contributed by atoms with Crippen LogP contribution in [0.4, 0.5) is 5.69 Å². The van der Waals surface area contributed by atoms with E-state index in [4.69, 9.17) is 17.3 Å². The SMILES string of the molecule is CCc1cc(CC)n(-c2ccc(Cl)cc2N)n1. The molecule has 0 aliphatic carbocycles. The van der Waals surface area contributed by atoms with E-state index in [0.29, 0.717) is 10.7 Å². The van der Waals surface area contributed by atoms with Crippen LogP contribution in [0.2, 0.25) is 5.02 Å². The fourth-order valence-corrected chi connectivity index (χ4v) is 2.01. The van der Waals surface area contributed by atoms with Crippen LogP contribution in [0, 0.1) is 0 Å². The summed E-state index contributed by atoms with van der Waals surface area (Å²) in [5.41, 5.74) is 9.77. The lowest BCUT2D eigenvalue weighted by molar-refractivity contribution is 0.796. The van der Waals surface area contributed by atoms with E-state index in [2.05, 4.69) is 25.0 Å². The van der Waals surface area contributed by atoms with Crippen molar-refractivity contribution in [2.75, 3.05) is 5.73 Å². The minimum Gasteiger partial charge on any atom is -0.397 e. The third-order valence-corrected chi connectivity index (χ3v) is 3.01. The van der Waals surface area contributed by atoms with E-state index in [9.17, 15) is 0 Å². The molecular formula is C13H16ClN3. The molecular weight excluding hydrogens is 234 g/mol. The number of nitrogens with zero attached hydrogens (tertiary/aromatic N) is 2. The summed E-state index contributed by atoms with van der Waals surface area (Å²) in [5, 5.41) is 5.20. The maximum Gasteiger partial charge on any atom is 0.0879 e. The third kappa shape index (κ3) is 2.29. The van der Waals surface area contributed by atoms with Gasteiger partial charge in [-0.2, -0.15) is 5.10 Å². The molecule has 3 nitrogen and oxygen atoms in total. The van der Waals surface area contributed by atoms with E-state index in [1.54, 1.807) is 6.07 Å². The highest BCUT2D eigenvalue weighted by Gasteiger charge is 2.09. The molecule has 0 aliphatic heterocycles. The zero-order chi connectivity index (χ0) is 12.4. The topological polar surface area (TPSA) is 43.8 Å². The molecule has 0 spiro atoms. The number of benzene rings is 1. The van der Waals surface area contributed by atoms with E-state index in [0.717, 1.165) is 29.9 Å². The van der Waals surface area contributed by atoms with Gasteiger partial charge < -0.3 is 5.73 Å². The molecule has 90 valence electrons. The molecule has 2 rings (SSSR count). The molecule has 0 aliphatic rings. The summed E-state index contributed by atoms with van der Waals surface area (Å²) in [5.74, 6) is 0. The highest BCUT2D eigenvalue weighted by molar-refractivity contribution is 6.30. The second-order valence-electron chi connectivity index (χ2n) is 3.95. The van der Waals surface area contributed by atoms with Crippen molar-refractivity contribution in [3.63, 3.8) is 0 Å². The summed E-state index contributed by atoms with van der Waals surface area (Å²) in [4.78, 5) is 0. The Bertz CT molecular complexity index is 531. The molecule has 0 amide bonds. The van der Waals surface area contributed by atoms with Crippen molar-refractivity contribution in [2.45, 2.75) is 26.7 Å². The van der Waals surface area contributed by atoms with Gasteiger partial charge in [0, 0.05) is 10.7 Å². The van der Waals surface area contributed by atoms with E-state index in [-0.39, 0.29) is 0 Å². The van der Waals surface area contributed by atoms with Crippen LogP contribution in [-0.2, 0) is 12.8 Å². The Morgan fingerprint density at radius 3 is 2.59 bits per heavy atom. The number of hydrogen-bond acceptors (Lipinski definition) is 2. The molecule has 0 saturated carbocycles. The first-order chi connectivity index (χ1) is 8.15. The van der Waals surface area contributed by atoms with Crippen molar-refractivity contribution in [2.24, 2.45) is 0 Å². The summed E-state index contributed by atoms with van der Waals surface area (Å²) >= 11 is 5.90. The number of aromatic nitrogens is 2. The monoisotopic (exact) mass is 249 g/mol. The zero-order valence-corrected chi connectivity index (χ0v) is 10.8. The second kappa shape index (κ2) is 4.80. The first-order valence-corrected chi connectivity index (χ1v) is 6.16. The van der Waals surface area contributed by atoms with Gasteiger partial charge >= 0.3 is 0 Å². The quantitative estimate of drug-likeness (QED) is 0.849. The van der Waals surface area contributed by atoms with Crippen LogP contribution < -0.4 is 5.73 Å². The second-order valence-corrected chi connectivity index (χ2v) is 4.39. The Morgan fingerprint density at radius 1 is 1.24 bits per heavy atom. The number of rotatable bonds is 3. The molecule has 1 heterocycles. The van der Waals surface area contributed by atoms with Crippen LogP contribution in [0.3, 0.4) is 0 Å². The predicted octanol–water partition coefficient (Wildman–Crippen LogP) is 3.23. The van der Waals surface area contributed by atoms with Crippen LogP contribution in [0.25, 0.3) is 5.69 Å². The van der Waals surface area contributed by atoms with Crippen molar-refractivity contribution >= 4 is 17.3 Å². The molecule has 2 aromatic rings. The van der Waals surface area contributed by atoms with Gasteiger partial charge in [-0.05, 0) is 37.1 Å². The Morgan fingerprint density at radius 2 is 2.00 bits per heavy atom. The van der Waals surface area contributed by atoms with Gasteiger partial charge in [0.05, 0.1) is 17.1 Å². The molecule has 1 aromatic carbocycles. The van der Waals surface area contributed by atoms with E-state index >= 15 is 0 Å². The lowest BCUT2D eigenvalue weighted by Gasteiger charge is -2.09. The minimum atomic E-state index is 0.646. The Balaban J connectivity index is 2.55. The van der Waals surface area contributed by atoms with E-state index < -0.39 is 0 Å². The van der Waals surface area contributed by atoms with Gasteiger partial charge in [0.15, 0.2) is 0 Å². The minimum absolute atomic E-state index is 0.646. The van der Waals surface area contributed by atoms with E-state index in [1.165, 1.54) is 0 Å². The lowest BCUT2D eigenvalue weighted by Crippen LogP contribution is -2.05. The number of aryl methyl sites for hydroxylation is 2. The average molecular weight is 250 g/mol. The molecule has 1 aromatic heterocycles. The summed E-state index contributed by atoms with van der Waals surface area (Å²) in [6.45, 7) is 4.20. The van der Waals surface area contributed by atoms with Crippen LogP contribution in [-0.4, -0.2) is 9.78 Å². The molecule has 0 radical (unpaired) electrons. The van der Waals surface area contributed by atoms with Gasteiger partial charge in [-0.1, -0.05) is 25.4 Å².